The van der Waals surface area contributed by atoms with Crippen molar-refractivity contribution in [3.8, 4) is 0 Å². The second kappa shape index (κ2) is 8.84. The maximum Gasteiger partial charge on any atom is 0.242 e. The number of sulfonamides is 1. The quantitative estimate of drug-likeness (QED) is 0.735. The van der Waals surface area contributed by atoms with Gasteiger partial charge in [0.25, 0.3) is 0 Å². The molecule has 0 aliphatic carbocycles. The zero-order chi connectivity index (χ0) is 20.2. The van der Waals surface area contributed by atoms with Gasteiger partial charge in [-0.2, -0.15) is 0 Å². The van der Waals surface area contributed by atoms with Crippen LogP contribution in [0, 0.1) is 0 Å². The van der Waals surface area contributed by atoms with Crippen LogP contribution in [0.5, 0.6) is 0 Å². The lowest BCUT2D eigenvalue weighted by Gasteiger charge is -2.20. The van der Waals surface area contributed by atoms with Crippen molar-refractivity contribution in [1.82, 2.24) is 9.62 Å². The van der Waals surface area contributed by atoms with Crippen LogP contribution in [0.4, 0.5) is 5.69 Å². The number of benzene rings is 2. The van der Waals surface area contributed by atoms with Crippen LogP contribution < -0.4 is 10.6 Å². The Hall–Kier alpha value is -1.93. The van der Waals surface area contributed by atoms with Crippen LogP contribution in [0.2, 0.25) is 5.02 Å². The van der Waals surface area contributed by atoms with E-state index in [1.54, 1.807) is 25.1 Å². The van der Waals surface area contributed by atoms with Gasteiger partial charge in [-0.05, 0) is 49.7 Å². The van der Waals surface area contributed by atoms with E-state index in [1.807, 2.05) is 25.1 Å². The molecule has 0 radical (unpaired) electrons. The van der Waals surface area contributed by atoms with Gasteiger partial charge in [0.05, 0.1) is 10.9 Å². The molecule has 27 heavy (non-hydrogen) atoms. The lowest BCUT2D eigenvalue weighted by Crippen LogP contribution is -2.39. The maximum absolute atomic E-state index is 12.5. The molecule has 0 aliphatic rings. The van der Waals surface area contributed by atoms with Crippen LogP contribution in [-0.2, 0) is 14.8 Å². The van der Waals surface area contributed by atoms with E-state index < -0.39 is 16.1 Å². The lowest BCUT2D eigenvalue weighted by atomic mass is 10.1. The third-order valence-corrected chi connectivity index (χ3v) is 6.17. The molecule has 146 valence electrons. The molecule has 2 aromatic carbocycles. The summed E-state index contributed by atoms with van der Waals surface area (Å²) in [6, 6.07) is 13.0. The first-order valence-electron chi connectivity index (χ1n) is 8.46. The summed E-state index contributed by atoms with van der Waals surface area (Å²) in [4.78, 5) is 12.6. The Morgan fingerprint density at radius 1 is 1.07 bits per heavy atom. The highest BCUT2D eigenvalue weighted by Gasteiger charge is 2.19. The first-order chi connectivity index (χ1) is 12.6. The van der Waals surface area contributed by atoms with Gasteiger partial charge in [0.2, 0.25) is 15.9 Å². The molecule has 0 unspecified atom stereocenters. The summed E-state index contributed by atoms with van der Waals surface area (Å²) in [6.07, 6.45) is 0. The zero-order valence-corrected chi connectivity index (χ0v) is 17.3. The largest absolute Gasteiger partial charge is 0.325 e. The van der Waals surface area contributed by atoms with Gasteiger partial charge < -0.3 is 5.32 Å². The van der Waals surface area contributed by atoms with Crippen LogP contribution >= 0.6 is 11.6 Å². The van der Waals surface area contributed by atoms with E-state index in [9.17, 15) is 13.2 Å². The number of hydrogen-bond acceptors (Lipinski definition) is 4. The number of amides is 1. The van der Waals surface area contributed by atoms with Crippen molar-refractivity contribution in [2.45, 2.75) is 30.8 Å². The highest BCUT2D eigenvalue weighted by molar-refractivity contribution is 7.89. The molecule has 0 heterocycles. The molecule has 8 heteroatoms. The molecule has 2 aromatic rings. The van der Waals surface area contributed by atoms with E-state index in [0.29, 0.717) is 10.7 Å². The van der Waals surface area contributed by atoms with E-state index >= 15 is 0 Å². The Morgan fingerprint density at radius 3 is 2.37 bits per heavy atom. The SMILES string of the molecule is C[C@H](N[C@H](C)C(=O)Nc1cccc(S(=O)(=O)N(C)C)c1)c1cccc(Cl)c1. The zero-order valence-electron chi connectivity index (χ0n) is 15.7. The van der Waals surface area contributed by atoms with E-state index in [2.05, 4.69) is 10.6 Å². The monoisotopic (exact) mass is 409 g/mol. The second-order valence-electron chi connectivity index (χ2n) is 6.47. The molecule has 0 aromatic heterocycles. The standard InChI is InChI=1S/C19H24ClN3O3S/c1-13(15-7-5-8-16(20)11-15)21-14(2)19(24)22-17-9-6-10-18(12-17)27(25,26)23(3)4/h5-14,21H,1-4H3,(H,22,24)/t13-,14+/m0/s1. The predicted molar refractivity (Wildman–Crippen MR) is 108 cm³/mol. The first kappa shape index (κ1) is 21.4. The van der Waals surface area contributed by atoms with Crippen molar-refractivity contribution >= 4 is 33.2 Å². The van der Waals surface area contributed by atoms with Gasteiger partial charge in [-0.3, -0.25) is 10.1 Å². The summed E-state index contributed by atoms with van der Waals surface area (Å²) in [5.41, 5.74) is 1.40. The minimum absolute atomic E-state index is 0.0788. The Labute approximate surface area is 165 Å². The lowest BCUT2D eigenvalue weighted by molar-refractivity contribution is -0.117. The number of nitrogens with zero attached hydrogens (tertiary/aromatic N) is 1. The molecular formula is C19H24ClN3O3S. The minimum atomic E-state index is -3.56. The average Bonchev–Trinajstić information content (AvgIpc) is 2.61. The Balaban J connectivity index is 2.06. The van der Waals surface area contributed by atoms with Crippen molar-refractivity contribution in [1.29, 1.82) is 0 Å². The fraction of sp³-hybridized carbons (Fsp3) is 0.316. The van der Waals surface area contributed by atoms with Gasteiger partial charge in [0.15, 0.2) is 0 Å². The van der Waals surface area contributed by atoms with Gasteiger partial charge in [0.1, 0.15) is 0 Å². The number of halogens is 1. The number of nitrogens with one attached hydrogen (secondary N) is 2. The Morgan fingerprint density at radius 2 is 1.74 bits per heavy atom. The van der Waals surface area contributed by atoms with Crippen molar-refractivity contribution < 1.29 is 13.2 Å². The fourth-order valence-electron chi connectivity index (χ4n) is 2.52. The predicted octanol–water partition coefficient (Wildman–Crippen LogP) is 3.27. The number of hydrogen-bond donors (Lipinski definition) is 2. The number of rotatable bonds is 7. The van der Waals surface area contributed by atoms with Crippen LogP contribution in [0.15, 0.2) is 53.4 Å². The average molecular weight is 410 g/mol. The fourth-order valence-corrected chi connectivity index (χ4v) is 3.67. The van der Waals surface area contributed by atoms with Gasteiger partial charge >= 0.3 is 0 Å². The summed E-state index contributed by atoms with van der Waals surface area (Å²) in [5, 5.41) is 6.60. The third kappa shape index (κ3) is 5.52. The molecule has 1 amide bonds. The summed E-state index contributed by atoms with van der Waals surface area (Å²) in [5.74, 6) is -0.261. The molecule has 2 N–H and O–H groups in total. The van der Waals surface area contributed by atoms with Crippen molar-refractivity contribution in [3.63, 3.8) is 0 Å². The Bertz CT molecular complexity index is 916. The second-order valence-corrected chi connectivity index (χ2v) is 9.06. The minimum Gasteiger partial charge on any atom is -0.325 e. The normalized spacial score (nSPS) is 14.0. The van der Waals surface area contributed by atoms with Crippen molar-refractivity contribution in [2.24, 2.45) is 0 Å². The molecule has 6 nitrogen and oxygen atoms in total. The summed E-state index contributed by atoms with van der Waals surface area (Å²) in [6.45, 7) is 3.69. The third-order valence-electron chi connectivity index (χ3n) is 4.12. The molecule has 0 saturated carbocycles. The van der Waals surface area contributed by atoms with E-state index in [-0.39, 0.29) is 16.8 Å². The Kier molecular flexibility index (Phi) is 7.00. The van der Waals surface area contributed by atoms with Gasteiger partial charge in [-0.15, -0.1) is 0 Å². The number of anilines is 1. The van der Waals surface area contributed by atoms with Crippen LogP contribution in [-0.4, -0.2) is 38.8 Å². The molecule has 0 saturated heterocycles. The topological polar surface area (TPSA) is 78.5 Å². The van der Waals surface area contributed by atoms with E-state index in [1.165, 1.54) is 26.2 Å². The van der Waals surface area contributed by atoms with Crippen LogP contribution in [0.3, 0.4) is 0 Å². The van der Waals surface area contributed by atoms with E-state index in [0.717, 1.165) is 9.87 Å². The van der Waals surface area contributed by atoms with Gasteiger partial charge in [-0.1, -0.05) is 29.8 Å². The molecule has 0 spiro atoms. The highest BCUT2D eigenvalue weighted by atomic mass is 35.5. The smallest absolute Gasteiger partial charge is 0.242 e. The molecule has 2 atom stereocenters. The molecular weight excluding hydrogens is 386 g/mol. The maximum atomic E-state index is 12.5. The van der Waals surface area contributed by atoms with Gasteiger partial charge in [0, 0.05) is 30.8 Å². The van der Waals surface area contributed by atoms with Crippen molar-refractivity contribution in [3.05, 3.63) is 59.1 Å². The summed E-state index contributed by atoms with van der Waals surface area (Å²) in [7, 11) is -0.636. The molecule has 0 bridgehead atoms. The van der Waals surface area contributed by atoms with E-state index in [4.69, 9.17) is 11.6 Å². The molecule has 0 fully saturated rings. The number of carbonyl (C=O) groups excluding carboxylic acids is 1. The first-order valence-corrected chi connectivity index (χ1v) is 10.3. The number of carbonyl (C=O) groups is 1. The van der Waals surface area contributed by atoms with Crippen LogP contribution in [0.1, 0.15) is 25.5 Å². The van der Waals surface area contributed by atoms with Gasteiger partial charge in [-0.25, -0.2) is 12.7 Å². The molecule has 2 rings (SSSR count). The molecule has 0 aliphatic heterocycles. The summed E-state index contributed by atoms with van der Waals surface area (Å²) >= 11 is 6.01. The highest BCUT2D eigenvalue weighted by Crippen LogP contribution is 2.20. The summed E-state index contributed by atoms with van der Waals surface area (Å²) < 4.78 is 25.6. The van der Waals surface area contributed by atoms with Crippen molar-refractivity contribution in [2.75, 3.05) is 19.4 Å². The van der Waals surface area contributed by atoms with Crippen LogP contribution in [0.25, 0.3) is 0 Å².